The zero-order valence-electron chi connectivity index (χ0n) is 21.5. The SMILES string of the molecule is Cc1ccc(Oc2ccc(N3C(=S)N[C@H](c4ccccn4)[C@H]3c3ccc(-c4cccc(C(=O)O)c4)o3)cc2)cc1. The largest absolute Gasteiger partial charge is 0.478 e. The molecule has 0 spiro atoms. The third kappa shape index (κ3) is 5.04. The van der Waals surface area contributed by atoms with E-state index in [1.54, 1.807) is 24.4 Å². The first-order chi connectivity index (χ1) is 19.5. The monoisotopic (exact) mass is 547 g/mol. The maximum atomic E-state index is 11.5. The number of carboxylic acid groups (broad SMARTS) is 1. The predicted octanol–water partition coefficient (Wildman–Crippen LogP) is 7.32. The lowest BCUT2D eigenvalue weighted by Gasteiger charge is -2.26. The average molecular weight is 548 g/mol. The van der Waals surface area contributed by atoms with Crippen LogP contribution in [0.4, 0.5) is 5.69 Å². The Kier molecular flexibility index (Phi) is 6.76. The number of hydrogen-bond acceptors (Lipinski definition) is 5. The van der Waals surface area contributed by atoms with Gasteiger partial charge in [-0.2, -0.15) is 0 Å². The molecule has 1 aliphatic rings. The van der Waals surface area contributed by atoms with Gasteiger partial charge >= 0.3 is 5.97 Å². The van der Waals surface area contributed by atoms with E-state index in [0.717, 1.165) is 17.1 Å². The lowest BCUT2D eigenvalue weighted by atomic mass is 10.0. The molecular weight excluding hydrogens is 522 g/mol. The number of carboxylic acids is 1. The average Bonchev–Trinajstić information content (AvgIpc) is 3.60. The summed E-state index contributed by atoms with van der Waals surface area (Å²) in [6.07, 6.45) is 1.75. The number of benzene rings is 3. The standard InChI is InChI=1S/C32H25N3O4S/c1-20-8-12-24(13-9-20)38-25-14-10-23(11-15-25)35-30(29(34-32(35)40)26-7-2-3-18-33-26)28-17-16-27(39-28)21-5-4-6-22(19-21)31(36)37/h2-19,29-30H,1H3,(H,34,40)(H,36,37)/t29-,30-/m1/s1. The number of nitrogens with one attached hydrogen (secondary N) is 1. The van der Waals surface area contributed by atoms with Gasteiger partial charge in [-0.05, 0) is 91.9 Å². The molecule has 5 aromatic rings. The number of rotatable bonds is 7. The van der Waals surface area contributed by atoms with Crippen LogP contribution in [-0.4, -0.2) is 21.2 Å². The van der Waals surface area contributed by atoms with E-state index in [4.69, 9.17) is 21.4 Å². The molecule has 0 aliphatic carbocycles. The highest BCUT2D eigenvalue weighted by Crippen LogP contribution is 2.43. The molecule has 1 aliphatic heterocycles. The molecule has 0 saturated carbocycles. The van der Waals surface area contributed by atoms with Gasteiger partial charge in [-0.15, -0.1) is 0 Å². The molecule has 8 heteroatoms. The van der Waals surface area contributed by atoms with Gasteiger partial charge < -0.3 is 24.5 Å². The number of aromatic nitrogens is 1. The van der Waals surface area contributed by atoms with E-state index in [0.29, 0.717) is 27.9 Å². The molecule has 40 heavy (non-hydrogen) atoms. The van der Waals surface area contributed by atoms with Crippen molar-refractivity contribution in [2.75, 3.05) is 4.90 Å². The molecule has 0 bridgehead atoms. The number of carbonyl (C=O) groups is 1. The van der Waals surface area contributed by atoms with E-state index in [-0.39, 0.29) is 17.6 Å². The van der Waals surface area contributed by atoms with Crippen molar-refractivity contribution in [3.63, 3.8) is 0 Å². The molecule has 3 aromatic carbocycles. The summed E-state index contributed by atoms with van der Waals surface area (Å²) < 4.78 is 12.4. The summed E-state index contributed by atoms with van der Waals surface area (Å²) in [4.78, 5) is 18.1. The molecule has 3 heterocycles. The van der Waals surface area contributed by atoms with Crippen LogP contribution in [0, 0.1) is 6.92 Å². The molecular formula is C32H25N3O4S. The molecule has 6 rings (SSSR count). The maximum absolute atomic E-state index is 11.5. The summed E-state index contributed by atoms with van der Waals surface area (Å²) >= 11 is 5.82. The number of aromatic carboxylic acids is 1. The highest BCUT2D eigenvalue weighted by molar-refractivity contribution is 7.80. The summed E-state index contributed by atoms with van der Waals surface area (Å²) in [5, 5.41) is 13.4. The van der Waals surface area contributed by atoms with Gasteiger partial charge in [0.2, 0.25) is 0 Å². The van der Waals surface area contributed by atoms with Gasteiger partial charge in [0.15, 0.2) is 5.11 Å². The van der Waals surface area contributed by atoms with E-state index < -0.39 is 5.97 Å². The Hall–Kier alpha value is -4.95. The first-order valence-electron chi connectivity index (χ1n) is 12.7. The van der Waals surface area contributed by atoms with Crippen molar-refractivity contribution in [2.24, 2.45) is 0 Å². The van der Waals surface area contributed by atoms with Crippen molar-refractivity contribution in [1.82, 2.24) is 10.3 Å². The quantitative estimate of drug-likeness (QED) is 0.205. The van der Waals surface area contributed by atoms with E-state index in [1.807, 2.05) is 96.8 Å². The lowest BCUT2D eigenvalue weighted by Crippen LogP contribution is -2.29. The Balaban J connectivity index is 1.35. The minimum Gasteiger partial charge on any atom is -0.478 e. The summed E-state index contributed by atoms with van der Waals surface area (Å²) in [5.74, 6) is 1.72. The summed E-state index contributed by atoms with van der Waals surface area (Å²) in [7, 11) is 0. The zero-order valence-corrected chi connectivity index (χ0v) is 22.3. The number of aryl methyl sites for hydroxylation is 1. The number of pyridine rings is 1. The minimum atomic E-state index is -0.991. The van der Waals surface area contributed by atoms with Crippen LogP contribution in [0.15, 0.2) is 114 Å². The third-order valence-corrected chi connectivity index (χ3v) is 7.10. The molecule has 2 N–H and O–H groups in total. The number of nitrogens with zero attached hydrogens (tertiary/aromatic N) is 2. The van der Waals surface area contributed by atoms with Crippen molar-refractivity contribution >= 4 is 29.0 Å². The minimum absolute atomic E-state index is 0.195. The van der Waals surface area contributed by atoms with Gasteiger partial charge in [0.05, 0.1) is 17.3 Å². The second kappa shape index (κ2) is 10.7. The van der Waals surface area contributed by atoms with Crippen LogP contribution >= 0.6 is 12.2 Å². The molecule has 0 amide bonds. The van der Waals surface area contributed by atoms with Crippen molar-refractivity contribution in [3.05, 3.63) is 132 Å². The van der Waals surface area contributed by atoms with Crippen LogP contribution in [-0.2, 0) is 0 Å². The van der Waals surface area contributed by atoms with Crippen molar-refractivity contribution < 1.29 is 19.1 Å². The summed E-state index contributed by atoms with van der Waals surface area (Å²) in [5.41, 5.74) is 3.73. The van der Waals surface area contributed by atoms with Crippen molar-refractivity contribution in [1.29, 1.82) is 0 Å². The van der Waals surface area contributed by atoms with Crippen LogP contribution in [0.3, 0.4) is 0 Å². The lowest BCUT2D eigenvalue weighted by molar-refractivity contribution is 0.0697. The zero-order chi connectivity index (χ0) is 27.6. The number of thiocarbonyl (C=S) groups is 1. The number of furan rings is 1. The normalized spacial score (nSPS) is 16.5. The molecule has 198 valence electrons. The van der Waals surface area contributed by atoms with E-state index in [1.165, 1.54) is 5.56 Å². The molecule has 2 atom stereocenters. The van der Waals surface area contributed by atoms with Gasteiger partial charge in [0.25, 0.3) is 0 Å². The van der Waals surface area contributed by atoms with E-state index >= 15 is 0 Å². The second-order valence-electron chi connectivity index (χ2n) is 9.49. The van der Waals surface area contributed by atoms with E-state index in [9.17, 15) is 9.90 Å². The first-order valence-corrected chi connectivity index (χ1v) is 13.2. The third-order valence-electron chi connectivity index (χ3n) is 6.78. The van der Waals surface area contributed by atoms with Gasteiger partial charge in [-0.3, -0.25) is 4.98 Å². The smallest absolute Gasteiger partial charge is 0.335 e. The maximum Gasteiger partial charge on any atom is 0.335 e. The Labute approximate surface area is 236 Å². The van der Waals surface area contributed by atoms with Gasteiger partial charge in [-0.1, -0.05) is 35.9 Å². The van der Waals surface area contributed by atoms with Crippen LogP contribution in [0.2, 0.25) is 0 Å². The Morgan fingerprint density at radius 1 is 0.950 bits per heavy atom. The van der Waals surface area contributed by atoms with Crippen molar-refractivity contribution in [2.45, 2.75) is 19.0 Å². The van der Waals surface area contributed by atoms with Crippen LogP contribution < -0.4 is 15.0 Å². The highest BCUT2D eigenvalue weighted by atomic mass is 32.1. The van der Waals surface area contributed by atoms with Gasteiger partial charge in [0, 0.05) is 17.4 Å². The molecule has 2 aromatic heterocycles. The fourth-order valence-electron chi connectivity index (χ4n) is 4.81. The number of anilines is 1. The fourth-order valence-corrected chi connectivity index (χ4v) is 5.16. The molecule has 7 nitrogen and oxygen atoms in total. The van der Waals surface area contributed by atoms with Gasteiger partial charge in [-0.25, -0.2) is 4.79 Å². The van der Waals surface area contributed by atoms with Crippen LogP contribution in [0.5, 0.6) is 11.5 Å². The predicted molar refractivity (Wildman–Crippen MR) is 157 cm³/mol. The van der Waals surface area contributed by atoms with Crippen LogP contribution in [0.1, 0.15) is 39.5 Å². The van der Waals surface area contributed by atoms with Crippen molar-refractivity contribution in [3.8, 4) is 22.8 Å². The molecule has 1 saturated heterocycles. The Morgan fingerprint density at radius 3 is 2.40 bits per heavy atom. The highest BCUT2D eigenvalue weighted by Gasteiger charge is 2.42. The Morgan fingerprint density at radius 2 is 1.70 bits per heavy atom. The second-order valence-corrected chi connectivity index (χ2v) is 9.88. The first kappa shape index (κ1) is 25.3. The van der Waals surface area contributed by atoms with E-state index in [2.05, 4.69) is 10.3 Å². The molecule has 0 unspecified atom stereocenters. The topological polar surface area (TPSA) is 87.8 Å². The molecule has 0 radical (unpaired) electrons. The van der Waals surface area contributed by atoms with Crippen LogP contribution in [0.25, 0.3) is 11.3 Å². The fraction of sp³-hybridized carbons (Fsp3) is 0.0938. The summed E-state index contributed by atoms with van der Waals surface area (Å²) in [6.45, 7) is 2.04. The number of ether oxygens (including phenoxy) is 1. The number of hydrogen-bond donors (Lipinski definition) is 2. The van der Waals surface area contributed by atoms with Gasteiger partial charge in [0.1, 0.15) is 29.1 Å². The molecule has 1 fully saturated rings. The summed E-state index contributed by atoms with van der Waals surface area (Å²) in [6, 6.07) is 31.2. The Bertz CT molecular complexity index is 1670.